The van der Waals surface area contributed by atoms with E-state index in [1.165, 1.54) is 17.7 Å². The summed E-state index contributed by atoms with van der Waals surface area (Å²) in [4.78, 5) is 30.5. The minimum Gasteiger partial charge on any atom is -0.346 e. The number of nitrogens with one attached hydrogen (secondary N) is 1. The molecule has 1 aromatic carbocycles. The number of carbonyl (C=O) groups excluding carboxylic acids is 1. The normalized spacial score (nSPS) is 14.7. The summed E-state index contributed by atoms with van der Waals surface area (Å²) in [7, 11) is 0. The monoisotopic (exact) mass is 402 g/mol. The molecule has 0 bridgehead atoms. The minimum absolute atomic E-state index is 0.148. The van der Waals surface area contributed by atoms with Gasteiger partial charge in [0.2, 0.25) is 0 Å². The number of hydrogen-bond donors (Lipinski definition) is 1. The minimum atomic E-state index is 0.148. The summed E-state index contributed by atoms with van der Waals surface area (Å²) < 4.78 is 0. The maximum Gasteiger partial charge on any atom is 0.191 e. The largest absolute Gasteiger partial charge is 0.346 e. The zero-order chi connectivity index (χ0) is 19.8. The lowest BCUT2D eigenvalue weighted by Gasteiger charge is -2.11. The lowest BCUT2D eigenvalue weighted by Crippen LogP contribution is -2.05. The van der Waals surface area contributed by atoms with Crippen molar-refractivity contribution in [1.29, 1.82) is 0 Å². The SMILES string of the molecule is C[C@H](CC(=O)c1nc2c(s1)CCCC2)c1ccc(-c2ncnc3[nH]ccc23)cc1. The van der Waals surface area contributed by atoms with E-state index < -0.39 is 0 Å². The zero-order valence-electron chi connectivity index (χ0n) is 16.3. The molecule has 0 aliphatic heterocycles. The van der Waals surface area contributed by atoms with Gasteiger partial charge in [0, 0.05) is 28.4 Å². The average molecular weight is 403 g/mol. The Balaban J connectivity index is 1.32. The van der Waals surface area contributed by atoms with Crippen molar-refractivity contribution in [2.45, 2.75) is 44.9 Å². The Morgan fingerprint density at radius 1 is 1.14 bits per heavy atom. The molecule has 1 aliphatic rings. The summed E-state index contributed by atoms with van der Waals surface area (Å²) in [6.45, 7) is 2.11. The molecule has 1 atom stereocenters. The number of H-pyrrole nitrogens is 1. The summed E-state index contributed by atoms with van der Waals surface area (Å²) in [5.41, 5.74) is 5.11. The van der Waals surface area contributed by atoms with Gasteiger partial charge in [0.05, 0.1) is 11.4 Å². The molecule has 0 fully saturated rings. The maximum atomic E-state index is 12.8. The third-order valence-electron chi connectivity index (χ3n) is 5.68. The first-order chi connectivity index (χ1) is 14.2. The maximum absolute atomic E-state index is 12.8. The van der Waals surface area contributed by atoms with Gasteiger partial charge in [-0.1, -0.05) is 31.2 Å². The third-order valence-corrected chi connectivity index (χ3v) is 6.88. The molecule has 1 aliphatic carbocycles. The number of thiazole rings is 1. The van der Waals surface area contributed by atoms with E-state index in [0.717, 1.165) is 46.4 Å². The summed E-state index contributed by atoms with van der Waals surface area (Å²) in [6.07, 6.45) is 8.45. The van der Waals surface area contributed by atoms with E-state index in [1.807, 2.05) is 12.3 Å². The summed E-state index contributed by atoms with van der Waals surface area (Å²) >= 11 is 1.60. The number of aromatic amines is 1. The van der Waals surface area contributed by atoms with Crippen LogP contribution in [0.15, 0.2) is 42.9 Å². The van der Waals surface area contributed by atoms with E-state index in [1.54, 1.807) is 17.7 Å². The lowest BCUT2D eigenvalue weighted by molar-refractivity contribution is 0.0975. The van der Waals surface area contributed by atoms with Gasteiger partial charge in [-0.15, -0.1) is 11.3 Å². The van der Waals surface area contributed by atoms with E-state index in [0.29, 0.717) is 11.4 Å². The highest BCUT2D eigenvalue weighted by Crippen LogP contribution is 2.30. The molecule has 6 heteroatoms. The van der Waals surface area contributed by atoms with Crippen LogP contribution in [-0.2, 0) is 12.8 Å². The first-order valence-corrected chi connectivity index (χ1v) is 10.9. The van der Waals surface area contributed by atoms with E-state index >= 15 is 0 Å². The second-order valence-corrected chi connectivity index (χ2v) is 8.79. The van der Waals surface area contributed by atoms with Crippen LogP contribution in [0, 0.1) is 0 Å². The number of rotatable bonds is 5. The van der Waals surface area contributed by atoms with Crippen LogP contribution in [0.4, 0.5) is 0 Å². The molecule has 29 heavy (non-hydrogen) atoms. The van der Waals surface area contributed by atoms with Gasteiger partial charge in [-0.2, -0.15) is 0 Å². The number of aromatic nitrogens is 4. The van der Waals surface area contributed by atoms with Crippen molar-refractivity contribution in [3.8, 4) is 11.3 Å². The molecular weight excluding hydrogens is 380 g/mol. The Kier molecular flexibility index (Phi) is 4.72. The van der Waals surface area contributed by atoms with Gasteiger partial charge in [-0.25, -0.2) is 15.0 Å². The summed E-state index contributed by atoms with van der Waals surface area (Å²) in [5.74, 6) is 0.306. The summed E-state index contributed by atoms with van der Waals surface area (Å²) in [6, 6.07) is 10.3. The second kappa shape index (κ2) is 7.52. The van der Waals surface area contributed by atoms with Crippen LogP contribution in [0.1, 0.15) is 58.0 Å². The van der Waals surface area contributed by atoms with Crippen LogP contribution < -0.4 is 0 Å². The number of ketones is 1. The predicted octanol–water partition coefficient (Wildman–Crippen LogP) is 5.34. The van der Waals surface area contributed by atoms with Gasteiger partial charge in [-0.05, 0) is 43.2 Å². The molecule has 5 nitrogen and oxygen atoms in total. The van der Waals surface area contributed by atoms with Crippen molar-refractivity contribution in [3.63, 3.8) is 0 Å². The highest BCUT2D eigenvalue weighted by molar-refractivity contribution is 7.13. The van der Waals surface area contributed by atoms with Crippen molar-refractivity contribution in [2.75, 3.05) is 0 Å². The van der Waals surface area contributed by atoms with Gasteiger partial charge < -0.3 is 4.98 Å². The number of fused-ring (bicyclic) bond motifs is 2. The van der Waals surface area contributed by atoms with Crippen LogP contribution in [0.5, 0.6) is 0 Å². The predicted molar refractivity (Wildman–Crippen MR) is 115 cm³/mol. The number of hydrogen-bond acceptors (Lipinski definition) is 5. The van der Waals surface area contributed by atoms with Gasteiger partial charge in [-0.3, -0.25) is 4.79 Å². The van der Waals surface area contributed by atoms with Crippen molar-refractivity contribution in [2.24, 2.45) is 0 Å². The van der Waals surface area contributed by atoms with Crippen molar-refractivity contribution < 1.29 is 4.79 Å². The molecule has 0 saturated carbocycles. The number of Topliss-reactive ketones (excluding diaryl/α,β-unsaturated/α-hetero) is 1. The third kappa shape index (κ3) is 3.49. The second-order valence-electron chi connectivity index (χ2n) is 7.71. The molecule has 5 rings (SSSR count). The molecule has 4 aromatic rings. The van der Waals surface area contributed by atoms with Gasteiger partial charge >= 0.3 is 0 Å². The molecule has 146 valence electrons. The van der Waals surface area contributed by atoms with Crippen LogP contribution in [-0.4, -0.2) is 25.7 Å². The molecule has 0 amide bonds. The molecule has 0 unspecified atom stereocenters. The number of benzene rings is 1. The Hall–Kier alpha value is -2.86. The number of nitrogens with zero attached hydrogens (tertiary/aromatic N) is 3. The standard InChI is InChI=1S/C23H22N4OS/c1-14(12-19(28)23-27-18-4-2-3-5-20(18)29-23)15-6-8-16(9-7-15)21-17-10-11-24-22(17)26-13-25-21/h6-11,13-14H,2-5,12H2,1H3,(H,24,25,26)/t14-/m1/s1. The number of carbonyl (C=O) groups is 1. The molecule has 0 saturated heterocycles. The van der Waals surface area contributed by atoms with Crippen molar-refractivity contribution in [3.05, 3.63) is 64.0 Å². The highest BCUT2D eigenvalue weighted by Gasteiger charge is 2.21. The van der Waals surface area contributed by atoms with Crippen molar-refractivity contribution in [1.82, 2.24) is 19.9 Å². The van der Waals surface area contributed by atoms with Crippen LogP contribution in [0.3, 0.4) is 0 Å². The van der Waals surface area contributed by atoms with Gasteiger partial charge in [0.25, 0.3) is 0 Å². The van der Waals surface area contributed by atoms with Crippen molar-refractivity contribution >= 4 is 28.2 Å². The van der Waals surface area contributed by atoms with Crippen LogP contribution >= 0.6 is 11.3 Å². The Bertz CT molecular complexity index is 1150. The van der Waals surface area contributed by atoms with E-state index in [2.05, 4.69) is 51.1 Å². The fraction of sp³-hybridized carbons (Fsp3) is 0.304. The molecule has 3 aromatic heterocycles. The first-order valence-electron chi connectivity index (χ1n) is 10.1. The van der Waals surface area contributed by atoms with E-state index in [9.17, 15) is 4.79 Å². The zero-order valence-corrected chi connectivity index (χ0v) is 17.1. The Morgan fingerprint density at radius 2 is 1.97 bits per heavy atom. The van der Waals surface area contributed by atoms with Gasteiger partial charge in [0.1, 0.15) is 12.0 Å². The van der Waals surface area contributed by atoms with Crippen LogP contribution in [0.2, 0.25) is 0 Å². The van der Waals surface area contributed by atoms with E-state index in [-0.39, 0.29) is 11.7 Å². The smallest absolute Gasteiger partial charge is 0.191 e. The van der Waals surface area contributed by atoms with Crippen LogP contribution in [0.25, 0.3) is 22.3 Å². The molecule has 1 N–H and O–H groups in total. The molecule has 3 heterocycles. The molecular formula is C23H22N4OS. The van der Waals surface area contributed by atoms with E-state index in [4.69, 9.17) is 0 Å². The quantitative estimate of drug-likeness (QED) is 0.458. The fourth-order valence-corrected chi connectivity index (χ4v) is 5.12. The van der Waals surface area contributed by atoms with Gasteiger partial charge in [0.15, 0.2) is 10.8 Å². The molecule has 0 radical (unpaired) electrons. The Morgan fingerprint density at radius 3 is 2.79 bits per heavy atom. The lowest BCUT2D eigenvalue weighted by atomic mass is 9.94. The average Bonchev–Trinajstić information content (AvgIpc) is 3.40. The molecule has 0 spiro atoms. The number of aryl methyl sites for hydroxylation is 2. The Labute approximate surface area is 173 Å². The fourth-order valence-electron chi connectivity index (χ4n) is 4.03. The summed E-state index contributed by atoms with van der Waals surface area (Å²) in [5, 5.41) is 1.70. The topological polar surface area (TPSA) is 71.5 Å². The highest BCUT2D eigenvalue weighted by atomic mass is 32.1. The first kappa shape index (κ1) is 18.2.